The number of carbonyl (C=O) groups is 2. The minimum Gasteiger partial charge on any atom is -0.377 e. The van der Waals surface area contributed by atoms with Crippen molar-refractivity contribution in [1.29, 1.82) is 0 Å². The largest absolute Gasteiger partial charge is 0.377 e. The fourth-order valence-corrected chi connectivity index (χ4v) is 0.653. The number of rotatable bonds is 4. The van der Waals surface area contributed by atoms with Crippen molar-refractivity contribution in [2.45, 2.75) is 19.9 Å². The highest BCUT2D eigenvalue weighted by atomic mass is 16.5. The lowest BCUT2D eigenvalue weighted by atomic mass is 10.2. The molecular formula is C7H13NO3. The zero-order chi connectivity index (χ0) is 8.85. The van der Waals surface area contributed by atoms with Gasteiger partial charge in [0.2, 0.25) is 5.91 Å². The molecule has 0 aliphatic heterocycles. The molecule has 0 aromatic heterocycles. The molecule has 0 saturated heterocycles. The molecule has 0 heterocycles. The Bertz CT molecular complexity index is 156. The highest BCUT2D eigenvalue weighted by Gasteiger charge is 2.12. The molecular weight excluding hydrogens is 146 g/mol. The lowest BCUT2D eigenvalue weighted by molar-refractivity contribution is -0.128. The molecule has 0 aromatic rings. The molecule has 0 bridgehead atoms. The quantitative estimate of drug-likeness (QED) is 0.614. The van der Waals surface area contributed by atoms with Gasteiger partial charge in [-0.15, -0.1) is 0 Å². The predicted molar refractivity (Wildman–Crippen MR) is 40.2 cm³/mol. The van der Waals surface area contributed by atoms with Crippen LogP contribution in [0.25, 0.3) is 0 Å². The van der Waals surface area contributed by atoms with E-state index in [0.29, 0.717) is 0 Å². The third-order valence-electron chi connectivity index (χ3n) is 1.19. The average molecular weight is 159 g/mol. The van der Waals surface area contributed by atoms with Crippen LogP contribution < -0.4 is 5.32 Å². The van der Waals surface area contributed by atoms with Gasteiger partial charge in [0, 0.05) is 14.0 Å². The first kappa shape index (κ1) is 10.1. The van der Waals surface area contributed by atoms with Crippen LogP contribution in [-0.4, -0.2) is 31.4 Å². The Morgan fingerprint density at radius 1 is 1.55 bits per heavy atom. The van der Waals surface area contributed by atoms with Crippen molar-refractivity contribution in [2.75, 3.05) is 13.7 Å². The van der Waals surface area contributed by atoms with Crippen LogP contribution in [0.4, 0.5) is 0 Å². The van der Waals surface area contributed by atoms with E-state index in [1.807, 2.05) is 0 Å². The summed E-state index contributed by atoms with van der Waals surface area (Å²) in [5.41, 5.74) is 0. The van der Waals surface area contributed by atoms with Gasteiger partial charge < -0.3 is 10.1 Å². The van der Waals surface area contributed by atoms with Crippen molar-refractivity contribution in [3.63, 3.8) is 0 Å². The lowest BCUT2D eigenvalue weighted by Crippen LogP contribution is -2.38. The smallest absolute Gasteiger partial charge is 0.217 e. The summed E-state index contributed by atoms with van der Waals surface area (Å²) in [6.07, 6.45) is 0. The van der Waals surface area contributed by atoms with Crippen molar-refractivity contribution in [3.05, 3.63) is 0 Å². The van der Waals surface area contributed by atoms with E-state index in [1.54, 1.807) is 6.92 Å². The first-order valence-electron chi connectivity index (χ1n) is 3.36. The molecule has 0 saturated carbocycles. The number of ketones is 1. The molecule has 0 aliphatic carbocycles. The molecule has 4 nitrogen and oxygen atoms in total. The van der Waals surface area contributed by atoms with Crippen LogP contribution in [0.1, 0.15) is 13.8 Å². The summed E-state index contributed by atoms with van der Waals surface area (Å²) < 4.78 is 4.61. The van der Waals surface area contributed by atoms with Crippen LogP contribution >= 0.6 is 0 Å². The van der Waals surface area contributed by atoms with Gasteiger partial charge in [0.15, 0.2) is 5.78 Å². The molecule has 0 rings (SSSR count). The minimum atomic E-state index is -0.451. The van der Waals surface area contributed by atoms with Crippen molar-refractivity contribution in [2.24, 2.45) is 0 Å². The molecule has 0 aliphatic rings. The summed E-state index contributed by atoms with van der Waals surface area (Å²) in [5, 5.41) is 2.46. The van der Waals surface area contributed by atoms with Crippen LogP contribution in [0.5, 0.6) is 0 Å². The lowest BCUT2D eigenvalue weighted by Gasteiger charge is -2.09. The van der Waals surface area contributed by atoms with E-state index in [-0.39, 0.29) is 18.3 Å². The van der Waals surface area contributed by atoms with E-state index in [1.165, 1.54) is 14.0 Å². The number of amides is 1. The van der Waals surface area contributed by atoms with Crippen LogP contribution in [0.15, 0.2) is 0 Å². The zero-order valence-electron chi connectivity index (χ0n) is 7.01. The van der Waals surface area contributed by atoms with E-state index in [0.717, 1.165) is 0 Å². The van der Waals surface area contributed by atoms with E-state index >= 15 is 0 Å². The number of nitrogens with one attached hydrogen (secondary N) is 1. The molecule has 0 aromatic carbocycles. The van der Waals surface area contributed by atoms with E-state index in [2.05, 4.69) is 10.1 Å². The molecule has 64 valence electrons. The van der Waals surface area contributed by atoms with Gasteiger partial charge in [0.1, 0.15) is 6.61 Å². The summed E-state index contributed by atoms with van der Waals surface area (Å²) >= 11 is 0. The fourth-order valence-electron chi connectivity index (χ4n) is 0.653. The van der Waals surface area contributed by atoms with Crippen LogP contribution in [-0.2, 0) is 14.3 Å². The third-order valence-corrected chi connectivity index (χ3v) is 1.19. The third kappa shape index (κ3) is 4.50. The maximum atomic E-state index is 10.9. The first-order chi connectivity index (χ1) is 5.07. The van der Waals surface area contributed by atoms with Crippen molar-refractivity contribution in [1.82, 2.24) is 5.32 Å². The second-order valence-electron chi connectivity index (χ2n) is 2.32. The van der Waals surface area contributed by atoms with Gasteiger partial charge in [-0.3, -0.25) is 9.59 Å². The van der Waals surface area contributed by atoms with E-state index in [4.69, 9.17) is 0 Å². The molecule has 1 atom stereocenters. The van der Waals surface area contributed by atoms with Gasteiger partial charge in [-0.1, -0.05) is 0 Å². The standard InChI is InChI=1S/C7H13NO3/c1-5(8-6(2)9)7(10)4-11-3/h5H,4H2,1-3H3,(H,8,9). The highest BCUT2D eigenvalue weighted by molar-refractivity contribution is 5.88. The van der Waals surface area contributed by atoms with E-state index < -0.39 is 6.04 Å². The average Bonchev–Trinajstić information content (AvgIpc) is 1.86. The minimum absolute atomic E-state index is 0.0431. The number of hydrogen-bond donors (Lipinski definition) is 1. The summed E-state index contributed by atoms with van der Waals surface area (Å²) in [7, 11) is 1.44. The summed E-state index contributed by atoms with van der Waals surface area (Å²) in [4.78, 5) is 21.4. The van der Waals surface area contributed by atoms with Gasteiger partial charge in [0.05, 0.1) is 6.04 Å². The molecule has 0 fully saturated rings. The van der Waals surface area contributed by atoms with Crippen molar-refractivity contribution >= 4 is 11.7 Å². The van der Waals surface area contributed by atoms with Gasteiger partial charge in [0.25, 0.3) is 0 Å². The second kappa shape index (κ2) is 4.85. The maximum Gasteiger partial charge on any atom is 0.217 e. The van der Waals surface area contributed by atoms with Crippen LogP contribution in [0, 0.1) is 0 Å². The van der Waals surface area contributed by atoms with Crippen LogP contribution in [0.2, 0.25) is 0 Å². The van der Waals surface area contributed by atoms with Gasteiger partial charge in [-0.25, -0.2) is 0 Å². The van der Waals surface area contributed by atoms with Gasteiger partial charge in [-0.05, 0) is 6.92 Å². The van der Waals surface area contributed by atoms with Crippen molar-refractivity contribution in [3.8, 4) is 0 Å². The summed E-state index contributed by atoms with van der Waals surface area (Å²) in [5.74, 6) is -0.329. The van der Waals surface area contributed by atoms with E-state index in [9.17, 15) is 9.59 Å². The Hall–Kier alpha value is -0.900. The number of Topliss-reactive ketones (excluding diaryl/α,β-unsaturated/α-hetero) is 1. The molecule has 11 heavy (non-hydrogen) atoms. The molecule has 1 N–H and O–H groups in total. The van der Waals surface area contributed by atoms with Crippen molar-refractivity contribution < 1.29 is 14.3 Å². The van der Waals surface area contributed by atoms with Crippen LogP contribution in [0.3, 0.4) is 0 Å². The Kier molecular flexibility index (Phi) is 4.45. The van der Waals surface area contributed by atoms with Gasteiger partial charge in [-0.2, -0.15) is 0 Å². The number of ether oxygens (including phenoxy) is 1. The fraction of sp³-hybridized carbons (Fsp3) is 0.714. The molecule has 1 amide bonds. The maximum absolute atomic E-state index is 10.9. The predicted octanol–water partition coefficient (Wildman–Crippen LogP) is -0.273. The molecule has 4 heteroatoms. The molecule has 0 radical (unpaired) electrons. The second-order valence-corrected chi connectivity index (χ2v) is 2.32. The molecule has 0 spiro atoms. The Labute approximate surface area is 65.9 Å². The molecule has 1 unspecified atom stereocenters. The zero-order valence-corrected chi connectivity index (χ0v) is 7.01. The summed E-state index contributed by atoms with van der Waals surface area (Å²) in [6, 6.07) is -0.451. The highest BCUT2D eigenvalue weighted by Crippen LogP contribution is 1.85. The SMILES string of the molecule is COCC(=O)C(C)NC(C)=O. The summed E-state index contributed by atoms with van der Waals surface area (Å²) in [6.45, 7) is 3.04. The Morgan fingerprint density at radius 3 is 2.45 bits per heavy atom. The monoisotopic (exact) mass is 159 g/mol. The van der Waals surface area contributed by atoms with Gasteiger partial charge >= 0.3 is 0 Å². The topological polar surface area (TPSA) is 55.4 Å². The Morgan fingerprint density at radius 2 is 2.09 bits per heavy atom. The normalized spacial score (nSPS) is 12.3. The Balaban J connectivity index is 3.73. The first-order valence-corrected chi connectivity index (χ1v) is 3.36. The number of methoxy groups -OCH3 is 1. The number of carbonyl (C=O) groups excluding carboxylic acids is 2. The number of hydrogen-bond acceptors (Lipinski definition) is 3.